The van der Waals surface area contributed by atoms with Gasteiger partial charge in [0.15, 0.2) is 0 Å². The minimum Gasteiger partial charge on any atom is -0.389 e. The first-order valence-electron chi connectivity index (χ1n) is 6.68. The van der Waals surface area contributed by atoms with Crippen LogP contribution in [0.5, 0.6) is 0 Å². The van der Waals surface area contributed by atoms with Crippen molar-refractivity contribution in [3.63, 3.8) is 0 Å². The van der Waals surface area contributed by atoms with Crippen molar-refractivity contribution >= 4 is 15.7 Å². The van der Waals surface area contributed by atoms with E-state index in [1.807, 2.05) is 13.0 Å². The Kier molecular flexibility index (Phi) is 4.34. The lowest BCUT2D eigenvalue weighted by Crippen LogP contribution is -2.14. The second kappa shape index (κ2) is 5.87. The van der Waals surface area contributed by atoms with Crippen LogP contribution in [0.4, 0.5) is 5.69 Å². The molecule has 0 bridgehead atoms. The molecule has 0 aromatic heterocycles. The van der Waals surface area contributed by atoms with E-state index in [9.17, 15) is 13.5 Å². The molecule has 0 radical (unpaired) electrons. The van der Waals surface area contributed by atoms with E-state index in [2.05, 4.69) is 4.72 Å². The summed E-state index contributed by atoms with van der Waals surface area (Å²) in [5.74, 6) is 0. The van der Waals surface area contributed by atoms with Crippen LogP contribution in [0.2, 0.25) is 0 Å². The largest absolute Gasteiger partial charge is 0.389 e. The van der Waals surface area contributed by atoms with E-state index in [0.717, 1.165) is 5.56 Å². The third-order valence-electron chi connectivity index (χ3n) is 3.25. The van der Waals surface area contributed by atoms with Gasteiger partial charge in [0.2, 0.25) is 0 Å². The van der Waals surface area contributed by atoms with Crippen molar-refractivity contribution in [3.05, 3.63) is 59.2 Å². The Morgan fingerprint density at radius 1 is 1.10 bits per heavy atom. The Labute approximate surface area is 125 Å². The molecule has 0 aliphatic carbocycles. The zero-order valence-electron chi connectivity index (χ0n) is 12.3. The average Bonchev–Trinajstić information content (AvgIpc) is 2.41. The van der Waals surface area contributed by atoms with Gasteiger partial charge in [-0.05, 0) is 55.7 Å². The maximum Gasteiger partial charge on any atom is 0.262 e. The van der Waals surface area contributed by atoms with E-state index in [-0.39, 0.29) is 4.90 Å². The predicted octanol–water partition coefficient (Wildman–Crippen LogP) is 3.16. The topological polar surface area (TPSA) is 66.4 Å². The number of aliphatic hydroxyl groups excluding tert-OH is 1. The SMILES string of the molecule is Cc1ccc(C)c(S(=O)(=O)Nc2cccc(C(C)O)c2)c1. The molecule has 0 amide bonds. The number of aliphatic hydroxyl groups is 1. The number of hydrogen-bond acceptors (Lipinski definition) is 3. The summed E-state index contributed by atoms with van der Waals surface area (Å²) in [6.45, 7) is 5.26. The molecule has 0 aliphatic heterocycles. The molecule has 0 saturated carbocycles. The van der Waals surface area contributed by atoms with Crippen LogP contribution in [0.1, 0.15) is 29.7 Å². The van der Waals surface area contributed by atoms with Gasteiger partial charge in [-0.2, -0.15) is 0 Å². The van der Waals surface area contributed by atoms with Crippen molar-refractivity contribution in [1.82, 2.24) is 0 Å². The molecule has 0 aliphatic rings. The molecule has 21 heavy (non-hydrogen) atoms. The molecule has 2 aromatic rings. The standard InChI is InChI=1S/C16H19NO3S/c1-11-7-8-12(2)16(9-11)21(19,20)17-15-6-4-5-14(10-15)13(3)18/h4-10,13,17-18H,1-3H3. The first kappa shape index (κ1) is 15.5. The average molecular weight is 305 g/mol. The molecular weight excluding hydrogens is 286 g/mol. The highest BCUT2D eigenvalue weighted by Gasteiger charge is 2.17. The molecular formula is C16H19NO3S. The maximum absolute atomic E-state index is 12.5. The summed E-state index contributed by atoms with van der Waals surface area (Å²) in [5, 5.41) is 9.57. The molecule has 0 heterocycles. The van der Waals surface area contributed by atoms with Gasteiger partial charge < -0.3 is 5.11 Å². The molecule has 2 N–H and O–H groups in total. The van der Waals surface area contributed by atoms with Crippen molar-refractivity contribution in [3.8, 4) is 0 Å². The lowest BCUT2D eigenvalue weighted by molar-refractivity contribution is 0.199. The molecule has 0 spiro atoms. The minimum absolute atomic E-state index is 0.268. The quantitative estimate of drug-likeness (QED) is 0.912. The van der Waals surface area contributed by atoms with Crippen LogP contribution in [-0.4, -0.2) is 13.5 Å². The van der Waals surface area contributed by atoms with Crippen LogP contribution < -0.4 is 4.72 Å². The first-order chi connectivity index (χ1) is 9.79. The van der Waals surface area contributed by atoms with Crippen LogP contribution in [0.3, 0.4) is 0 Å². The number of hydrogen-bond donors (Lipinski definition) is 2. The molecule has 0 fully saturated rings. The summed E-state index contributed by atoms with van der Waals surface area (Å²) in [5.41, 5.74) is 2.68. The smallest absolute Gasteiger partial charge is 0.262 e. The van der Waals surface area contributed by atoms with Gasteiger partial charge in [0, 0.05) is 5.69 Å². The zero-order chi connectivity index (χ0) is 15.6. The number of aryl methyl sites for hydroxylation is 2. The van der Waals surface area contributed by atoms with Crippen LogP contribution in [0.25, 0.3) is 0 Å². The molecule has 2 rings (SSSR count). The maximum atomic E-state index is 12.5. The molecule has 2 aromatic carbocycles. The van der Waals surface area contributed by atoms with Gasteiger partial charge in [0.25, 0.3) is 10.0 Å². The van der Waals surface area contributed by atoms with Gasteiger partial charge in [-0.25, -0.2) is 8.42 Å². The van der Waals surface area contributed by atoms with E-state index >= 15 is 0 Å². The molecule has 0 saturated heterocycles. The monoisotopic (exact) mass is 305 g/mol. The Hall–Kier alpha value is -1.85. The van der Waals surface area contributed by atoms with Crippen LogP contribution >= 0.6 is 0 Å². The fourth-order valence-corrected chi connectivity index (χ4v) is 3.45. The molecule has 1 unspecified atom stereocenters. The summed E-state index contributed by atoms with van der Waals surface area (Å²) in [4.78, 5) is 0.268. The first-order valence-corrected chi connectivity index (χ1v) is 8.16. The summed E-state index contributed by atoms with van der Waals surface area (Å²) >= 11 is 0. The minimum atomic E-state index is -3.64. The Morgan fingerprint density at radius 3 is 2.48 bits per heavy atom. The molecule has 112 valence electrons. The number of rotatable bonds is 4. The Bertz CT molecular complexity index is 752. The third-order valence-corrected chi connectivity index (χ3v) is 4.78. The van der Waals surface area contributed by atoms with Gasteiger partial charge in [0.05, 0.1) is 11.0 Å². The number of benzene rings is 2. The lowest BCUT2D eigenvalue weighted by atomic mass is 10.1. The highest BCUT2D eigenvalue weighted by molar-refractivity contribution is 7.92. The summed E-state index contributed by atoms with van der Waals surface area (Å²) in [7, 11) is -3.64. The van der Waals surface area contributed by atoms with Crippen LogP contribution in [0, 0.1) is 13.8 Å². The van der Waals surface area contributed by atoms with Crippen molar-refractivity contribution in [1.29, 1.82) is 0 Å². The number of sulfonamides is 1. The Balaban J connectivity index is 2.37. The zero-order valence-corrected chi connectivity index (χ0v) is 13.1. The highest BCUT2D eigenvalue weighted by atomic mass is 32.2. The van der Waals surface area contributed by atoms with Gasteiger partial charge in [-0.1, -0.05) is 24.3 Å². The van der Waals surface area contributed by atoms with E-state index in [1.54, 1.807) is 50.2 Å². The summed E-state index contributed by atoms with van der Waals surface area (Å²) in [6, 6.07) is 12.1. The molecule has 4 nitrogen and oxygen atoms in total. The summed E-state index contributed by atoms with van der Waals surface area (Å²) in [6.07, 6.45) is -0.643. The van der Waals surface area contributed by atoms with Gasteiger partial charge in [0.1, 0.15) is 0 Å². The second-order valence-electron chi connectivity index (χ2n) is 5.18. The van der Waals surface area contributed by atoms with Gasteiger partial charge in [-0.3, -0.25) is 4.72 Å². The predicted molar refractivity (Wildman–Crippen MR) is 83.8 cm³/mol. The van der Waals surface area contributed by atoms with Gasteiger partial charge >= 0.3 is 0 Å². The number of anilines is 1. The van der Waals surface area contributed by atoms with E-state index < -0.39 is 16.1 Å². The summed E-state index contributed by atoms with van der Waals surface area (Å²) < 4.78 is 27.5. The van der Waals surface area contributed by atoms with Crippen LogP contribution in [0.15, 0.2) is 47.4 Å². The number of nitrogens with one attached hydrogen (secondary N) is 1. The van der Waals surface area contributed by atoms with E-state index in [4.69, 9.17) is 0 Å². The van der Waals surface area contributed by atoms with Crippen molar-refractivity contribution < 1.29 is 13.5 Å². The third kappa shape index (κ3) is 3.62. The van der Waals surface area contributed by atoms with Crippen LogP contribution in [-0.2, 0) is 10.0 Å². The molecule has 1 atom stereocenters. The van der Waals surface area contributed by atoms with Crippen molar-refractivity contribution in [2.24, 2.45) is 0 Å². The van der Waals surface area contributed by atoms with Crippen molar-refractivity contribution in [2.75, 3.05) is 4.72 Å². The normalized spacial score (nSPS) is 13.0. The second-order valence-corrected chi connectivity index (χ2v) is 6.83. The highest BCUT2D eigenvalue weighted by Crippen LogP contribution is 2.22. The fraction of sp³-hybridized carbons (Fsp3) is 0.250. The molecule has 5 heteroatoms. The van der Waals surface area contributed by atoms with E-state index in [1.165, 1.54) is 0 Å². The fourth-order valence-electron chi connectivity index (χ4n) is 2.07. The van der Waals surface area contributed by atoms with Gasteiger partial charge in [-0.15, -0.1) is 0 Å². The lowest BCUT2D eigenvalue weighted by Gasteiger charge is -2.12. The van der Waals surface area contributed by atoms with Crippen molar-refractivity contribution in [2.45, 2.75) is 31.8 Å². The Morgan fingerprint density at radius 2 is 1.81 bits per heavy atom. The van der Waals surface area contributed by atoms with E-state index in [0.29, 0.717) is 16.8 Å².